The van der Waals surface area contributed by atoms with Crippen molar-refractivity contribution in [1.82, 2.24) is 5.32 Å². The minimum Gasteiger partial charge on any atom is -0.452 e. The van der Waals surface area contributed by atoms with E-state index in [0.29, 0.717) is 0 Å². The lowest BCUT2D eigenvalue weighted by molar-refractivity contribution is -0.125. The maximum Gasteiger partial charge on any atom is 0.338 e. The van der Waals surface area contributed by atoms with Crippen LogP contribution in [0.1, 0.15) is 37.0 Å². The zero-order valence-electron chi connectivity index (χ0n) is 16.1. The van der Waals surface area contributed by atoms with E-state index in [9.17, 15) is 22.4 Å². The molecule has 29 heavy (non-hydrogen) atoms. The van der Waals surface area contributed by atoms with Crippen LogP contribution in [0, 0.1) is 5.82 Å². The van der Waals surface area contributed by atoms with Crippen molar-refractivity contribution in [3.8, 4) is 0 Å². The zero-order chi connectivity index (χ0) is 21.4. The Morgan fingerprint density at radius 3 is 2.14 bits per heavy atom. The number of esters is 1. The van der Waals surface area contributed by atoms with Gasteiger partial charge in [0.15, 0.2) is 6.61 Å². The van der Waals surface area contributed by atoms with Crippen molar-refractivity contribution in [1.29, 1.82) is 0 Å². The molecule has 0 fully saturated rings. The summed E-state index contributed by atoms with van der Waals surface area (Å²) in [6.07, 6.45) is 1.55. The van der Waals surface area contributed by atoms with Gasteiger partial charge in [0.2, 0.25) is 0 Å². The number of carbonyl (C=O) groups is 2. The minimum atomic E-state index is -3.90. The molecule has 0 bridgehead atoms. The third-order valence-electron chi connectivity index (χ3n) is 4.18. The average molecular weight is 422 g/mol. The fraction of sp³-hybridized carbons (Fsp3) is 0.300. The van der Waals surface area contributed by atoms with Crippen LogP contribution in [0.4, 0.5) is 10.1 Å². The predicted molar refractivity (Wildman–Crippen MR) is 106 cm³/mol. The van der Waals surface area contributed by atoms with Gasteiger partial charge in [-0.2, -0.15) is 0 Å². The number of anilines is 1. The SMILES string of the molecule is CCC(CC)NC(=O)COC(=O)c1ccc(S(=O)(=O)Nc2ccc(F)cc2)cc1. The number of halogens is 1. The molecule has 2 aromatic rings. The first-order valence-electron chi connectivity index (χ1n) is 9.10. The third-order valence-corrected chi connectivity index (χ3v) is 5.58. The molecule has 9 heteroatoms. The molecule has 0 saturated carbocycles. The quantitative estimate of drug-likeness (QED) is 0.605. The van der Waals surface area contributed by atoms with Gasteiger partial charge in [-0.15, -0.1) is 0 Å². The molecule has 0 spiro atoms. The molecular weight excluding hydrogens is 399 g/mol. The molecule has 0 aliphatic heterocycles. The Kier molecular flexibility index (Phi) is 7.72. The smallest absolute Gasteiger partial charge is 0.338 e. The van der Waals surface area contributed by atoms with E-state index in [2.05, 4.69) is 10.0 Å². The lowest BCUT2D eigenvalue weighted by Gasteiger charge is -2.14. The van der Waals surface area contributed by atoms with Gasteiger partial charge in [-0.05, 0) is 61.4 Å². The number of nitrogens with one attached hydrogen (secondary N) is 2. The van der Waals surface area contributed by atoms with E-state index in [1.165, 1.54) is 36.4 Å². The normalized spacial score (nSPS) is 11.2. The first-order valence-corrected chi connectivity index (χ1v) is 10.6. The first-order chi connectivity index (χ1) is 13.7. The maximum absolute atomic E-state index is 12.9. The Morgan fingerprint density at radius 1 is 1.00 bits per heavy atom. The molecule has 2 rings (SSSR count). The van der Waals surface area contributed by atoms with Gasteiger partial charge in [-0.1, -0.05) is 13.8 Å². The van der Waals surface area contributed by atoms with Crippen LogP contribution in [-0.4, -0.2) is 32.9 Å². The van der Waals surface area contributed by atoms with Gasteiger partial charge in [0.05, 0.1) is 10.5 Å². The van der Waals surface area contributed by atoms with Crippen LogP contribution >= 0.6 is 0 Å². The summed E-state index contributed by atoms with van der Waals surface area (Å²) in [6.45, 7) is 3.48. The van der Waals surface area contributed by atoms with Crippen molar-refractivity contribution in [2.45, 2.75) is 37.6 Å². The summed E-state index contributed by atoms with van der Waals surface area (Å²) in [7, 11) is -3.90. The van der Waals surface area contributed by atoms with E-state index in [1.807, 2.05) is 13.8 Å². The monoisotopic (exact) mass is 422 g/mol. The van der Waals surface area contributed by atoms with Crippen LogP contribution in [0.15, 0.2) is 53.4 Å². The van der Waals surface area contributed by atoms with Gasteiger partial charge >= 0.3 is 5.97 Å². The Hall–Kier alpha value is -2.94. The molecule has 2 aromatic carbocycles. The maximum atomic E-state index is 12.9. The van der Waals surface area contributed by atoms with E-state index >= 15 is 0 Å². The second kappa shape index (κ2) is 10.0. The van der Waals surface area contributed by atoms with Crippen LogP contribution in [0.2, 0.25) is 0 Å². The van der Waals surface area contributed by atoms with Crippen LogP contribution in [0.25, 0.3) is 0 Å². The molecule has 0 aliphatic carbocycles. The fourth-order valence-electron chi connectivity index (χ4n) is 2.48. The lowest BCUT2D eigenvalue weighted by Crippen LogP contribution is -2.36. The molecule has 0 aliphatic rings. The molecule has 0 aromatic heterocycles. The molecule has 0 saturated heterocycles. The Balaban J connectivity index is 1.97. The van der Waals surface area contributed by atoms with Gasteiger partial charge in [0, 0.05) is 11.7 Å². The third kappa shape index (κ3) is 6.56. The van der Waals surface area contributed by atoms with Crippen molar-refractivity contribution >= 4 is 27.6 Å². The molecule has 0 heterocycles. The van der Waals surface area contributed by atoms with Crippen molar-refractivity contribution in [2.24, 2.45) is 0 Å². The molecule has 7 nitrogen and oxygen atoms in total. The standard InChI is InChI=1S/C20H23FN2O5S/c1-3-16(4-2)22-19(24)13-28-20(25)14-5-11-18(12-6-14)29(26,27)23-17-9-7-15(21)8-10-17/h5-12,16,23H,3-4,13H2,1-2H3,(H,22,24). The highest BCUT2D eigenvalue weighted by atomic mass is 32.2. The highest BCUT2D eigenvalue weighted by Crippen LogP contribution is 2.17. The van der Waals surface area contributed by atoms with Gasteiger partial charge < -0.3 is 10.1 Å². The van der Waals surface area contributed by atoms with E-state index in [1.54, 1.807) is 0 Å². The van der Waals surface area contributed by atoms with E-state index in [-0.39, 0.29) is 22.2 Å². The number of amides is 1. The summed E-state index contributed by atoms with van der Waals surface area (Å²) < 4.78 is 44.9. The minimum absolute atomic E-state index is 0.0271. The van der Waals surface area contributed by atoms with E-state index < -0.39 is 34.3 Å². The average Bonchev–Trinajstić information content (AvgIpc) is 2.71. The second-order valence-corrected chi connectivity index (χ2v) is 7.98. The summed E-state index contributed by atoms with van der Waals surface area (Å²) in [6, 6.07) is 9.96. The van der Waals surface area contributed by atoms with Gasteiger partial charge in [-0.25, -0.2) is 17.6 Å². The zero-order valence-corrected chi connectivity index (χ0v) is 17.0. The summed E-state index contributed by atoms with van der Waals surface area (Å²) in [5.41, 5.74) is 0.319. The van der Waals surface area contributed by atoms with Gasteiger partial charge in [-0.3, -0.25) is 9.52 Å². The number of ether oxygens (including phenoxy) is 1. The summed E-state index contributed by atoms with van der Waals surface area (Å²) >= 11 is 0. The Bertz CT molecular complexity index is 940. The summed E-state index contributed by atoms with van der Waals surface area (Å²) in [5, 5.41) is 2.75. The van der Waals surface area contributed by atoms with Gasteiger partial charge in [0.25, 0.3) is 15.9 Å². The second-order valence-electron chi connectivity index (χ2n) is 6.29. The topological polar surface area (TPSA) is 102 Å². The molecule has 0 radical (unpaired) electrons. The molecular formula is C20H23FN2O5S. The number of hydrogen-bond donors (Lipinski definition) is 2. The number of rotatable bonds is 9. The van der Waals surface area contributed by atoms with Crippen molar-refractivity contribution in [3.05, 3.63) is 59.9 Å². The molecule has 1 amide bonds. The van der Waals surface area contributed by atoms with Crippen LogP contribution in [0.3, 0.4) is 0 Å². The summed E-state index contributed by atoms with van der Waals surface area (Å²) in [5.74, 6) is -1.61. The number of hydrogen-bond acceptors (Lipinski definition) is 5. The molecule has 156 valence electrons. The molecule has 0 atom stereocenters. The van der Waals surface area contributed by atoms with E-state index in [0.717, 1.165) is 25.0 Å². The largest absolute Gasteiger partial charge is 0.452 e. The van der Waals surface area contributed by atoms with Gasteiger partial charge in [0.1, 0.15) is 5.82 Å². The highest BCUT2D eigenvalue weighted by molar-refractivity contribution is 7.92. The van der Waals surface area contributed by atoms with E-state index in [4.69, 9.17) is 4.74 Å². The highest BCUT2D eigenvalue weighted by Gasteiger charge is 2.17. The Morgan fingerprint density at radius 2 is 1.59 bits per heavy atom. The number of sulfonamides is 1. The summed E-state index contributed by atoms with van der Waals surface area (Å²) in [4.78, 5) is 23.8. The van der Waals surface area contributed by atoms with Crippen LogP contribution in [0.5, 0.6) is 0 Å². The number of benzene rings is 2. The van der Waals surface area contributed by atoms with Crippen LogP contribution < -0.4 is 10.0 Å². The molecule has 2 N–H and O–H groups in total. The fourth-order valence-corrected chi connectivity index (χ4v) is 3.54. The van der Waals surface area contributed by atoms with Crippen molar-refractivity contribution in [2.75, 3.05) is 11.3 Å². The molecule has 0 unspecified atom stereocenters. The first kappa shape index (κ1) is 22.4. The van der Waals surface area contributed by atoms with Crippen molar-refractivity contribution in [3.63, 3.8) is 0 Å². The van der Waals surface area contributed by atoms with Crippen molar-refractivity contribution < 1.29 is 27.1 Å². The van der Waals surface area contributed by atoms with Crippen LogP contribution in [-0.2, 0) is 19.6 Å². The number of carbonyl (C=O) groups excluding carboxylic acids is 2. The lowest BCUT2D eigenvalue weighted by atomic mass is 10.2. The Labute approximate surface area is 169 Å². The predicted octanol–water partition coefficient (Wildman–Crippen LogP) is 3.09.